The van der Waals surface area contributed by atoms with Crippen LogP contribution in [0.2, 0.25) is 5.02 Å². The zero-order chi connectivity index (χ0) is 13.9. The lowest BCUT2D eigenvalue weighted by molar-refractivity contribution is 0.0730. The largest absolute Gasteiger partial charge is 0.331 e. The van der Waals surface area contributed by atoms with Crippen molar-refractivity contribution < 1.29 is 4.79 Å². The molecule has 0 radical (unpaired) electrons. The molecule has 0 spiro atoms. The molecule has 102 valence electrons. The second-order valence-corrected chi connectivity index (χ2v) is 5.29. The average molecular weight is 288 g/mol. The third-order valence-corrected chi connectivity index (χ3v) is 3.63. The molecule has 0 saturated heterocycles. The Morgan fingerprint density at radius 3 is 2.70 bits per heavy atom. The lowest BCUT2D eigenvalue weighted by atomic mass is 10.2. The van der Waals surface area contributed by atoms with Crippen LogP contribution in [0.5, 0.6) is 0 Å². The fourth-order valence-electron chi connectivity index (χ4n) is 2.14. The summed E-state index contributed by atoms with van der Waals surface area (Å²) in [5, 5.41) is 0.398. The van der Waals surface area contributed by atoms with Gasteiger partial charge in [-0.1, -0.05) is 17.7 Å². The number of carbonyl (C=O) groups is 1. The number of aromatic nitrogens is 2. The third-order valence-electron chi connectivity index (χ3n) is 3.33. The molecule has 1 fully saturated rings. The second kappa shape index (κ2) is 5.59. The molecule has 4 nitrogen and oxygen atoms in total. The van der Waals surface area contributed by atoms with Crippen LogP contribution < -0.4 is 0 Å². The van der Waals surface area contributed by atoms with E-state index in [1.165, 1.54) is 6.20 Å². The fourth-order valence-corrected chi connectivity index (χ4v) is 2.34. The molecule has 0 aromatic carbocycles. The van der Waals surface area contributed by atoms with E-state index >= 15 is 0 Å². The Kier molecular flexibility index (Phi) is 3.65. The maximum Gasteiger partial charge on any atom is 0.256 e. The van der Waals surface area contributed by atoms with Gasteiger partial charge >= 0.3 is 0 Å². The zero-order valence-electron chi connectivity index (χ0n) is 10.9. The van der Waals surface area contributed by atoms with Crippen LogP contribution in [-0.2, 0) is 6.54 Å². The predicted molar refractivity (Wildman–Crippen MR) is 76.4 cm³/mol. The monoisotopic (exact) mass is 287 g/mol. The molecular weight excluding hydrogens is 274 g/mol. The SMILES string of the molecule is O=C(c1ccncc1Cl)N(Cc1cccnc1)C1CC1. The highest BCUT2D eigenvalue weighted by Gasteiger charge is 2.33. The highest BCUT2D eigenvalue weighted by molar-refractivity contribution is 6.33. The van der Waals surface area contributed by atoms with Crippen molar-refractivity contribution in [3.63, 3.8) is 0 Å². The summed E-state index contributed by atoms with van der Waals surface area (Å²) in [5.74, 6) is -0.0382. The van der Waals surface area contributed by atoms with Gasteiger partial charge < -0.3 is 4.90 Å². The van der Waals surface area contributed by atoms with E-state index in [0.29, 0.717) is 23.2 Å². The van der Waals surface area contributed by atoms with Crippen molar-refractivity contribution in [3.05, 3.63) is 59.1 Å². The smallest absolute Gasteiger partial charge is 0.256 e. The number of carbonyl (C=O) groups excluding carboxylic acids is 1. The Labute approximate surface area is 122 Å². The first-order chi connectivity index (χ1) is 9.75. The molecule has 0 unspecified atom stereocenters. The minimum Gasteiger partial charge on any atom is -0.331 e. The molecular formula is C15H14ClN3O. The van der Waals surface area contributed by atoms with E-state index in [4.69, 9.17) is 11.6 Å². The number of nitrogens with zero attached hydrogens (tertiary/aromatic N) is 3. The van der Waals surface area contributed by atoms with Gasteiger partial charge in [-0.3, -0.25) is 14.8 Å². The molecule has 1 aliphatic carbocycles. The predicted octanol–water partition coefficient (Wildman–Crippen LogP) is 2.93. The van der Waals surface area contributed by atoms with E-state index in [9.17, 15) is 4.79 Å². The summed E-state index contributed by atoms with van der Waals surface area (Å²) in [6.45, 7) is 0.565. The summed E-state index contributed by atoms with van der Waals surface area (Å²) in [4.78, 5) is 22.5. The average Bonchev–Trinajstić information content (AvgIpc) is 3.30. The highest BCUT2D eigenvalue weighted by Crippen LogP contribution is 2.30. The van der Waals surface area contributed by atoms with Crippen LogP contribution in [0.1, 0.15) is 28.8 Å². The molecule has 2 aromatic heterocycles. The van der Waals surface area contributed by atoms with Gasteiger partial charge in [0.1, 0.15) is 0 Å². The molecule has 1 saturated carbocycles. The van der Waals surface area contributed by atoms with E-state index < -0.39 is 0 Å². The van der Waals surface area contributed by atoms with Crippen molar-refractivity contribution in [2.75, 3.05) is 0 Å². The van der Waals surface area contributed by atoms with Gasteiger partial charge in [-0.05, 0) is 30.5 Å². The minimum atomic E-state index is -0.0382. The first-order valence-corrected chi connectivity index (χ1v) is 6.93. The molecule has 5 heteroatoms. The van der Waals surface area contributed by atoms with Gasteiger partial charge in [-0.15, -0.1) is 0 Å². The minimum absolute atomic E-state index is 0.0382. The summed E-state index contributed by atoms with van der Waals surface area (Å²) >= 11 is 6.07. The molecule has 1 aliphatic rings. The summed E-state index contributed by atoms with van der Waals surface area (Å²) < 4.78 is 0. The Morgan fingerprint density at radius 2 is 2.05 bits per heavy atom. The van der Waals surface area contributed by atoms with Crippen LogP contribution in [0.4, 0.5) is 0 Å². The molecule has 3 rings (SSSR count). The van der Waals surface area contributed by atoms with Gasteiger partial charge in [0.05, 0.1) is 10.6 Å². The summed E-state index contributed by atoms with van der Waals surface area (Å²) in [5.41, 5.74) is 1.54. The number of hydrogen-bond acceptors (Lipinski definition) is 3. The number of pyridine rings is 2. The normalized spacial score (nSPS) is 14.1. The molecule has 0 aliphatic heterocycles. The Morgan fingerprint density at radius 1 is 1.25 bits per heavy atom. The number of rotatable bonds is 4. The van der Waals surface area contributed by atoms with E-state index in [1.54, 1.807) is 24.7 Å². The van der Waals surface area contributed by atoms with Crippen molar-refractivity contribution >= 4 is 17.5 Å². The van der Waals surface area contributed by atoms with Gasteiger partial charge in [0.2, 0.25) is 0 Å². The zero-order valence-corrected chi connectivity index (χ0v) is 11.6. The van der Waals surface area contributed by atoms with E-state index in [2.05, 4.69) is 9.97 Å². The maximum atomic E-state index is 12.6. The van der Waals surface area contributed by atoms with Crippen molar-refractivity contribution in [1.29, 1.82) is 0 Å². The molecule has 0 bridgehead atoms. The van der Waals surface area contributed by atoms with E-state index in [-0.39, 0.29) is 5.91 Å². The van der Waals surface area contributed by atoms with Crippen molar-refractivity contribution in [2.45, 2.75) is 25.4 Å². The van der Waals surface area contributed by atoms with E-state index in [1.807, 2.05) is 17.0 Å². The van der Waals surface area contributed by atoms with Crippen LogP contribution in [0, 0.1) is 0 Å². The number of amides is 1. The summed E-state index contributed by atoms with van der Waals surface area (Å²) in [7, 11) is 0. The standard InChI is InChI=1S/C15H14ClN3O/c16-14-9-18-7-5-13(14)15(20)19(12-3-4-12)10-11-2-1-6-17-8-11/h1-2,5-9,12H,3-4,10H2. The maximum absolute atomic E-state index is 12.6. The van der Waals surface area contributed by atoms with Gasteiger partial charge in [0.25, 0.3) is 5.91 Å². The van der Waals surface area contributed by atoms with Crippen LogP contribution in [0.3, 0.4) is 0 Å². The summed E-state index contributed by atoms with van der Waals surface area (Å²) in [6, 6.07) is 5.84. The van der Waals surface area contributed by atoms with Gasteiger partial charge in [-0.25, -0.2) is 0 Å². The Balaban J connectivity index is 1.84. The van der Waals surface area contributed by atoms with Gasteiger partial charge in [-0.2, -0.15) is 0 Å². The Hall–Kier alpha value is -1.94. The molecule has 0 N–H and O–H groups in total. The molecule has 1 amide bonds. The van der Waals surface area contributed by atoms with E-state index in [0.717, 1.165) is 18.4 Å². The first kappa shape index (κ1) is 13.1. The van der Waals surface area contributed by atoms with Crippen molar-refractivity contribution in [3.8, 4) is 0 Å². The van der Waals surface area contributed by atoms with Gasteiger partial charge in [0, 0.05) is 37.4 Å². The van der Waals surface area contributed by atoms with Crippen LogP contribution in [0.15, 0.2) is 43.0 Å². The fraction of sp³-hybridized carbons (Fsp3) is 0.267. The number of halogens is 1. The van der Waals surface area contributed by atoms with Crippen molar-refractivity contribution in [1.82, 2.24) is 14.9 Å². The van der Waals surface area contributed by atoms with Crippen LogP contribution >= 0.6 is 11.6 Å². The van der Waals surface area contributed by atoms with Crippen LogP contribution in [0.25, 0.3) is 0 Å². The second-order valence-electron chi connectivity index (χ2n) is 4.88. The van der Waals surface area contributed by atoms with Crippen molar-refractivity contribution in [2.24, 2.45) is 0 Å². The third kappa shape index (κ3) is 2.80. The molecule has 20 heavy (non-hydrogen) atoms. The first-order valence-electron chi connectivity index (χ1n) is 6.55. The Bertz CT molecular complexity index is 614. The molecule has 2 heterocycles. The lowest BCUT2D eigenvalue weighted by Crippen LogP contribution is -2.32. The molecule has 2 aromatic rings. The molecule has 0 atom stereocenters. The number of hydrogen-bond donors (Lipinski definition) is 0. The summed E-state index contributed by atoms with van der Waals surface area (Å²) in [6.07, 6.45) is 8.71. The highest BCUT2D eigenvalue weighted by atomic mass is 35.5. The lowest BCUT2D eigenvalue weighted by Gasteiger charge is -2.22. The topological polar surface area (TPSA) is 46.1 Å². The van der Waals surface area contributed by atoms with Gasteiger partial charge in [0.15, 0.2) is 0 Å². The van der Waals surface area contributed by atoms with Crippen LogP contribution in [-0.4, -0.2) is 26.8 Å². The quantitative estimate of drug-likeness (QED) is 0.868.